The summed E-state index contributed by atoms with van der Waals surface area (Å²) in [7, 11) is 1.60. The van der Waals surface area contributed by atoms with Crippen molar-refractivity contribution in [1.29, 1.82) is 0 Å². The average molecular weight is 514 g/mol. The van der Waals surface area contributed by atoms with E-state index in [-0.39, 0.29) is 11.8 Å². The topological polar surface area (TPSA) is 87.7 Å². The number of hydrogen-bond donors (Lipinski definition) is 2. The molecule has 0 saturated carbocycles. The Labute approximate surface area is 219 Å². The van der Waals surface area contributed by atoms with E-state index in [1.807, 2.05) is 61.7 Å². The van der Waals surface area contributed by atoms with Gasteiger partial charge < -0.3 is 20.3 Å². The SMILES string of the molecule is CCc1ccc(C(C(=O)Nc2ccccc2C)N(C)C(=O)C(CCSC)NC(=O)OC(C)(C)C)cc1. The number of carbonyl (C=O) groups is 3. The summed E-state index contributed by atoms with van der Waals surface area (Å²) in [5.74, 6) is -0.0320. The number of hydrogen-bond acceptors (Lipinski definition) is 5. The Kier molecular flexibility index (Phi) is 10.8. The summed E-state index contributed by atoms with van der Waals surface area (Å²) in [6.45, 7) is 9.28. The van der Waals surface area contributed by atoms with E-state index < -0.39 is 23.8 Å². The number of anilines is 1. The molecule has 0 saturated heterocycles. The third kappa shape index (κ3) is 8.59. The molecule has 2 N–H and O–H groups in total. The van der Waals surface area contributed by atoms with Gasteiger partial charge in [-0.05, 0) is 75.3 Å². The van der Waals surface area contributed by atoms with Crippen molar-refractivity contribution < 1.29 is 19.1 Å². The number of amides is 3. The van der Waals surface area contributed by atoms with E-state index >= 15 is 0 Å². The highest BCUT2D eigenvalue weighted by atomic mass is 32.2. The number of nitrogens with one attached hydrogen (secondary N) is 2. The first kappa shape index (κ1) is 29.2. The molecule has 8 heteroatoms. The van der Waals surface area contributed by atoms with Crippen LogP contribution in [-0.2, 0) is 20.7 Å². The van der Waals surface area contributed by atoms with E-state index in [1.165, 1.54) is 4.90 Å². The van der Waals surface area contributed by atoms with Crippen LogP contribution >= 0.6 is 11.8 Å². The van der Waals surface area contributed by atoms with Crippen LogP contribution in [-0.4, -0.2) is 53.5 Å². The van der Waals surface area contributed by atoms with Crippen molar-refractivity contribution in [3.05, 3.63) is 65.2 Å². The van der Waals surface area contributed by atoms with E-state index in [4.69, 9.17) is 4.74 Å². The molecule has 0 spiro atoms. The highest BCUT2D eigenvalue weighted by molar-refractivity contribution is 7.98. The van der Waals surface area contributed by atoms with E-state index in [2.05, 4.69) is 17.6 Å². The summed E-state index contributed by atoms with van der Waals surface area (Å²) in [6.07, 6.45) is 2.55. The van der Waals surface area contributed by atoms with Crippen molar-refractivity contribution in [1.82, 2.24) is 10.2 Å². The van der Waals surface area contributed by atoms with Gasteiger partial charge in [0.05, 0.1) is 0 Å². The van der Waals surface area contributed by atoms with Crippen LogP contribution in [0.15, 0.2) is 48.5 Å². The van der Waals surface area contributed by atoms with Crippen molar-refractivity contribution >= 4 is 35.4 Å². The van der Waals surface area contributed by atoms with Crippen LogP contribution in [0.2, 0.25) is 0 Å². The standard InChI is InChI=1S/C28H39N3O4S/c1-8-20-13-15-21(16-14-20)24(25(32)29-22-12-10-9-11-19(22)2)31(6)26(33)23(17-18-36-7)30-27(34)35-28(3,4)5/h9-16,23-24H,8,17-18H2,1-7H3,(H,29,32)(H,30,34). The number of aryl methyl sites for hydroxylation is 2. The van der Waals surface area contributed by atoms with Gasteiger partial charge in [0.1, 0.15) is 17.7 Å². The number of alkyl carbamates (subject to hydrolysis) is 1. The number of para-hydroxylation sites is 1. The second kappa shape index (κ2) is 13.3. The van der Waals surface area contributed by atoms with Crippen LogP contribution in [0.5, 0.6) is 0 Å². The lowest BCUT2D eigenvalue weighted by molar-refractivity contribution is -0.139. The summed E-state index contributed by atoms with van der Waals surface area (Å²) < 4.78 is 5.38. The maximum Gasteiger partial charge on any atom is 0.408 e. The van der Waals surface area contributed by atoms with Crippen molar-refractivity contribution in [2.75, 3.05) is 24.4 Å². The Morgan fingerprint density at radius 3 is 2.25 bits per heavy atom. The third-order valence-electron chi connectivity index (χ3n) is 5.69. The quantitative estimate of drug-likeness (QED) is 0.448. The number of nitrogens with zero attached hydrogens (tertiary/aromatic N) is 1. The lowest BCUT2D eigenvalue weighted by atomic mass is 10.0. The Bertz CT molecular complexity index is 1030. The Morgan fingerprint density at radius 1 is 1.06 bits per heavy atom. The molecule has 0 fully saturated rings. The van der Waals surface area contributed by atoms with E-state index in [9.17, 15) is 14.4 Å². The summed E-state index contributed by atoms with van der Waals surface area (Å²) in [4.78, 5) is 41.2. The van der Waals surface area contributed by atoms with Gasteiger partial charge in [0, 0.05) is 12.7 Å². The first-order valence-corrected chi connectivity index (χ1v) is 13.6. The molecule has 2 atom stereocenters. The average Bonchev–Trinajstić information content (AvgIpc) is 2.82. The fraction of sp³-hybridized carbons (Fsp3) is 0.464. The van der Waals surface area contributed by atoms with Crippen LogP contribution in [0.25, 0.3) is 0 Å². The largest absolute Gasteiger partial charge is 0.444 e. The molecule has 3 amide bonds. The van der Waals surface area contributed by atoms with E-state index in [0.717, 1.165) is 17.5 Å². The highest BCUT2D eigenvalue weighted by Crippen LogP contribution is 2.25. The molecule has 2 rings (SSSR count). The normalized spacial score (nSPS) is 12.9. The van der Waals surface area contributed by atoms with Gasteiger partial charge in [-0.2, -0.15) is 11.8 Å². The lowest BCUT2D eigenvalue weighted by Crippen LogP contribution is -2.51. The number of thioether (sulfide) groups is 1. The molecule has 36 heavy (non-hydrogen) atoms. The maximum atomic E-state index is 13.7. The first-order chi connectivity index (χ1) is 17.0. The molecule has 0 aliphatic rings. The van der Waals surface area contributed by atoms with Gasteiger partial charge in [-0.1, -0.05) is 49.4 Å². The third-order valence-corrected chi connectivity index (χ3v) is 6.33. The van der Waals surface area contributed by atoms with Crippen LogP contribution in [0.3, 0.4) is 0 Å². The second-order valence-corrected chi connectivity index (χ2v) is 10.7. The van der Waals surface area contributed by atoms with Gasteiger partial charge in [0.25, 0.3) is 5.91 Å². The molecule has 0 aliphatic carbocycles. The number of carbonyl (C=O) groups excluding carboxylic acids is 3. The monoisotopic (exact) mass is 513 g/mol. The first-order valence-electron chi connectivity index (χ1n) is 12.2. The molecule has 0 radical (unpaired) electrons. The smallest absolute Gasteiger partial charge is 0.408 e. The Balaban J connectivity index is 2.38. The molecule has 7 nitrogen and oxygen atoms in total. The number of ether oxygens (including phenoxy) is 1. The highest BCUT2D eigenvalue weighted by Gasteiger charge is 2.34. The van der Waals surface area contributed by atoms with Crippen LogP contribution < -0.4 is 10.6 Å². The second-order valence-electron chi connectivity index (χ2n) is 9.73. The maximum absolute atomic E-state index is 13.7. The van der Waals surface area contributed by atoms with Gasteiger partial charge in [-0.3, -0.25) is 9.59 Å². The summed E-state index contributed by atoms with van der Waals surface area (Å²) in [5.41, 5.74) is 2.74. The van der Waals surface area contributed by atoms with Gasteiger partial charge in [0.15, 0.2) is 0 Å². The molecule has 2 aromatic rings. The molecule has 0 aliphatic heterocycles. The minimum Gasteiger partial charge on any atom is -0.444 e. The summed E-state index contributed by atoms with van der Waals surface area (Å²) in [6, 6.07) is 13.5. The van der Waals surface area contributed by atoms with Gasteiger partial charge in [-0.15, -0.1) is 0 Å². The van der Waals surface area contributed by atoms with Crippen LogP contribution in [0.4, 0.5) is 10.5 Å². The molecule has 0 bridgehead atoms. The minimum atomic E-state index is -0.889. The van der Waals surface area contributed by atoms with Crippen molar-refractivity contribution in [2.24, 2.45) is 0 Å². The molecular formula is C28H39N3O4S. The zero-order chi connectivity index (χ0) is 26.9. The van der Waals surface area contributed by atoms with E-state index in [1.54, 1.807) is 39.6 Å². The van der Waals surface area contributed by atoms with Crippen LogP contribution in [0, 0.1) is 6.92 Å². The van der Waals surface area contributed by atoms with Crippen molar-refractivity contribution in [3.63, 3.8) is 0 Å². The van der Waals surface area contributed by atoms with Gasteiger partial charge in [-0.25, -0.2) is 4.79 Å². The fourth-order valence-electron chi connectivity index (χ4n) is 3.72. The number of likely N-dealkylation sites (N-methyl/N-ethyl adjacent to an activating group) is 1. The Hall–Kier alpha value is -3.00. The minimum absolute atomic E-state index is 0.328. The molecular weight excluding hydrogens is 474 g/mol. The molecule has 0 aromatic heterocycles. The summed E-state index contributed by atoms with van der Waals surface area (Å²) in [5, 5.41) is 5.69. The lowest BCUT2D eigenvalue weighted by Gasteiger charge is -2.32. The predicted molar refractivity (Wildman–Crippen MR) is 147 cm³/mol. The Morgan fingerprint density at radius 2 is 1.69 bits per heavy atom. The molecule has 0 heterocycles. The zero-order valence-electron chi connectivity index (χ0n) is 22.4. The number of rotatable bonds is 10. The van der Waals surface area contributed by atoms with Crippen LogP contribution in [0.1, 0.15) is 56.8 Å². The molecule has 196 valence electrons. The molecule has 2 aromatic carbocycles. The van der Waals surface area contributed by atoms with Crippen molar-refractivity contribution in [2.45, 2.75) is 65.1 Å². The number of benzene rings is 2. The van der Waals surface area contributed by atoms with Gasteiger partial charge in [0.2, 0.25) is 5.91 Å². The van der Waals surface area contributed by atoms with E-state index in [0.29, 0.717) is 23.4 Å². The van der Waals surface area contributed by atoms with Gasteiger partial charge >= 0.3 is 6.09 Å². The summed E-state index contributed by atoms with van der Waals surface area (Å²) >= 11 is 1.58. The zero-order valence-corrected chi connectivity index (χ0v) is 23.2. The predicted octanol–water partition coefficient (Wildman–Crippen LogP) is 5.34. The molecule has 2 unspecified atom stereocenters. The van der Waals surface area contributed by atoms with Crippen molar-refractivity contribution in [3.8, 4) is 0 Å². The fourth-order valence-corrected chi connectivity index (χ4v) is 4.19.